The quantitative estimate of drug-likeness (QED) is 0.870. The van der Waals surface area contributed by atoms with Gasteiger partial charge >= 0.3 is 6.03 Å². The van der Waals surface area contributed by atoms with Gasteiger partial charge in [-0.25, -0.2) is 4.79 Å². The van der Waals surface area contributed by atoms with Gasteiger partial charge in [-0.1, -0.05) is 23.7 Å². The smallest absolute Gasteiger partial charge is 0.323 e. The van der Waals surface area contributed by atoms with Crippen LogP contribution in [0.4, 0.5) is 16.2 Å². The Balaban J connectivity index is 2.08. The van der Waals surface area contributed by atoms with E-state index in [0.717, 1.165) is 16.8 Å². The second-order valence-corrected chi connectivity index (χ2v) is 5.08. The topological polar surface area (TPSA) is 50.4 Å². The first-order valence-corrected chi connectivity index (χ1v) is 6.87. The molecule has 0 unspecified atom stereocenters. The highest BCUT2D eigenvalue weighted by molar-refractivity contribution is 6.32. The molecular weight excluding hydrogens is 288 g/mol. The van der Waals surface area contributed by atoms with Gasteiger partial charge in [-0.05, 0) is 49.2 Å². The fourth-order valence-electron chi connectivity index (χ4n) is 1.92. The number of ether oxygens (including phenoxy) is 1. The molecule has 5 heteroatoms. The summed E-state index contributed by atoms with van der Waals surface area (Å²) in [6.45, 7) is 3.97. The van der Waals surface area contributed by atoms with Crippen molar-refractivity contribution in [3.8, 4) is 5.75 Å². The first kappa shape index (κ1) is 15.2. The highest BCUT2D eigenvalue weighted by atomic mass is 35.5. The van der Waals surface area contributed by atoms with E-state index < -0.39 is 0 Å². The number of nitrogens with one attached hydrogen (secondary N) is 2. The first-order chi connectivity index (χ1) is 10.0. The number of hydrogen-bond acceptors (Lipinski definition) is 2. The normalized spacial score (nSPS) is 10.1. The molecule has 0 aliphatic heterocycles. The van der Waals surface area contributed by atoms with Crippen molar-refractivity contribution in [3.63, 3.8) is 0 Å². The lowest BCUT2D eigenvalue weighted by molar-refractivity contribution is 0.262. The van der Waals surface area contributed by atoms with Gasteiger partial charge in [0.25, 0.3) is 0 Å². The van der Waals surface area contributed by atoms with Gasteiger partial charge in [0.15, 0.2) is 0 Å². The van der Waals surface area contributed by atoms with E-state index >= 15 is 0 Å². The molecule has 110 valence electrons. The molecule has 2 aromatic rings. The van der Waals surface area contributed by atoms with Crippen molar-refractivity contribution in [1.29, 1.82) is 0 Å². The third kappa shape index (κ3) is 3.67. The van der Waals surface area contributed by atoms with Gasteiger partial charge in [0.1, 0.15) is 5.75 Å². The Morgan fingerprint density at radius 3 is 2.57 bits per heavy atom. The number of methoxy groups -OCH3 is 1. The van der Waals surface area contributed by atoms with Gasteiger partial charge in [0, 0.05) is 11.4 Å². The van der Waals surface area contributed by atoms with Crippen molar-refractivity contribution in [2.45, 2.75) is 13.8 Å². The number of hydrogen-bond donors (Lipinski definition) is 2. The predicted octanol–water partition coefficient (Wildman–Crippen LogP) is 4.61. The molecule has 0 aliphatic rings. The van der Waals surface area contributed by atoms with Crippen molar-refractivity contribution in [1.82, 2.24) is 0 Å². The highest BCUT2D eigenvalue weighted by Crippen LogP contribution is 2.27. The molecule has 0 atom stereocenters. The summed E-state index contributed by atoms with van der Waals surface area (Å²) < 4.78 is 5.07. The molecule has 0 aromatic heterocycles. The standard InChI is InChI=1S/C16H17ClN2O2/c1-10-5-4-6-14(11(10)2)19-16(20)18-12-7-8-15(21-3)13(17)9-12/h4-9H,1-3H3,(H2,18,19,20). The van der Waals surface area contributed by atoms with E-state index in [4.69, 9.17) is 16.3 Å². The molecule has 0 saturated carbocycles. The Hall–Kier alpha value is -2.20. The minimum Gasteiger partial charge on any atom is -0.495 e. The largest absolute Gasteiger partial charge is 0.495 e. The van der Waals surface area contributed by atoms with Gasteiger partial charge in [-0.15, -0.1) is 0 Å². The number of carbonyl (C=O) groups excluding carboxylic acids is 1. The summed E-state index contributed by atoms with van der Waals surface area (Å²) in [6, 6.07) is 10.5. The summed E-state index contributed by atoms with van der Waals surface area (Å²) in [7, 11) is 1.54. The molecule has 21 heavy (non-hydrogen) atoms. The number of carbonyl (C=O) groups is 1. The third-order valence-electron chi connectivity index (χ3n) is 3.26. The van der Waals surface area contributed by atoms with Gasteiger partial charge < -0.3 is 15.4 Å². The number of aryl methyl sites for hydroxylation is 1. The molecular formula is C16H17ClN2O2. The molecule has 0 spiro atoms. The Morgan fingerprint density at radius 1 is 1.14 bits per heavy atom. The number of anilines is 2. The van der Waals surface area contributed by atoms with Crippen molar-refractivity contribution < 1.29 is 9.53 Å². The molecule has 0 fully saturated rings. The summed E-state index contributed by atoms with van der Waals surface area (Å²) in [6.07, 6.45) is 0. The summed E-state index contributed by atoms with van der Waals surface area (Å²) >= 11 is 6.02. The Morgan fingerprint density at radius 2 is 1.90 bits per heavy atom. The Bertz CT molecular complexity index is 671. The van der Waals surface area contributed by atoms with E-state index in [-0.39, 0.29) is 6.03 Å². The van der Waals surface area contributed by atoms with Crippen LogP contribution in [-0.2, 0) is 0 Å². The molecule has 2 amide bonds. The van der Waals surface area contributed by atoms with E-state index in [9.17, 15) is 4.79 Å². The molecule has 2 N–H and O–H groups in total. The van der Waals surface area contributed by atoms with Crippen LogP contribution in [0, 0.1) is 13.8 Å². The molecule has 0 aliphatic carbocycles. The van der Waals surface area contributed by atoms with Crippen molar-refractivity contribution >= 4 is 29.0 Å². The molecule has 4 nitrogen and oxygen atoms in total. The van der Waals surface area contributed by atoms with Crippen LogP contribution >= 0.6 is 11.6 Å². The Kier molecular flexibility index (Phi) is 4.70. The maximum atomic E-state index is 12.0. The van der Waals surface area contributed by atoms with Crippen molar-refractivity contribution in [2.24, 2.45) is 0 Å². The van der Waals surface area contributed by atoms with Crippen LogP contribution in [0.5, 0.6) is 5.75 Å². The molecule has 0 saturated heterocycles. The lowest BCUT2D eigenvalue weighted by Crippen LogP contribution is -2.20. The van der Waals surface area contributed by atoms with Crippen LogP contribution in [0.15, 0.2) is 36.4 Å². The van der Waals surface area contributed by atoms with Crippen LogP contribution in [0.3, 0.4) is 0 Å². The maximum absolute atomic E-state index is 12.0. The number of urea groups is 1. The zero-order valence-corrected chi connectivity index (χ0v) is 12.9. The lowest BCUT2D eigenvalue weighted by atomic mass is 10.1. The van der Waals surface area contributed by atoms with Gasteiger partial charge in [-0.2, -0.15) is 0 Å². The van der Waals surface area contributed by atoms with Gasteiger partial charge in [0.05, 0.1) is 12.1 Å². The van der Waals surface area contributed by atoms with Gasteiger partial charge in [0.2, 0.25) is 0 Å². The summed E-state index contributed by atoms with van der Waals surface area (Å²) in [5.74, 6) is 0.567. The molecule has 2 rings (SSSR count). The van der Waals surface area contributed by atoms with E-state index in [1.54, 1.807) is 25.3 Å². The predicted molar refractivity (Wildman–Crippen MR) is 86.6 cm³/mol. The molecule has 0 bridgehead atoms. The van der Waals surface area contributed by atoms with Crippen LogP contribution < -0.4 is 15.4 Å². The van der Waals surface area contributed by atoms with Crippen LogP contribution in [0.1, 0.15) is 11.1 Å². The second kappa shape index (κ2) is 6.50. The number of rotatable bonds is 3. The lowest BCUT2D eigenvalue weighted by Gasteiger charge is -2.12. The van der Waals surface area contributed by atoms with E-state index in [2.05, 4.69) is 10.6 Å². The summed E-state index contributed by atoms with van der Waals surface area (Å²) in [4.78, 5) is 12.0. The number of halogens is 1. The van der Waals surface area contributed by atoms with E-state index in [1.165, 1.54) is 0 Å². The summed E-state index contributed by atoms with van der Waals surface area (Å²) in [5, 5.41) is 6.01. The average Bonchev–Trinajstić information content (AvgIpc) is 2.44. The zero-order chi connectivity index (χ0) is 15.4. The first-order valence-electron chi connectivity index (χ1n) is 6.49. The number of benzene rings is 2. The third-order valence-corrected chi connectivity index (χ3v) is 3.56. The highest BCUT2D eigenvalue weighted by Gasteiger charge is 2.08. The molecule has 0 heterocycles. The van der Waals surface area contributed by atoms with Crippen LogP contribution in [0.2, 0.25) is 5.02 Å². The Labute approximate surface area is 129 Å². The van der Waals surface area contributed by atoms with Crippen LogP contribution in [-0.4, -0.2) is 13.1 Å². The van der Waals surface area contributed by atoms with Gasteiger partial charge in [-0.3, -0.25) is 0 Å². The number of amides is 2. The SMILES string of the molecule is COc1ccc(NC(=O)Nc2cccc(C)c2C)cc1Cl. The van der Waals surface area contributed by atoms with E-state index in [0.29, 0.717) is 16.5 Å². The van der Waals surface area contributed by atoms with Crippen molar-refractivity contribution in [2.75, 3.05) is 17.7 Å². The second-order valence-electron chi connectivity index (χ2n) is 4.68. The maximum Gasteiger partial charge on any atom is 0.323 e. The fourth-order valence-corrected chi connectivity index (χ4v) is 2.17. The monoisotopic (exact) mass is 304 g/mol. The fraction of sp³-hybridized carbons (Fsp3) is 0.188. The average molecular weight is 305 g/mol. The van der Waals surface area contributed by atoms with E-state index in [1.807, 2.05) is 32.0 Å². The molecule has 0 radical (unpaired) electrons. The van der Waals surface area contributed by atoms with Crippen LogP contribution in [0.25, 0.3) is 0 Å². The van der Waals surface area contributed by atoms with Crippen molar-refractivity contribution in [3.05, 3.63) is 52.5 Å². The minimum absolute atomic E-state index is 0.315. The zero-order valence-electron chi connectivity index (χ0n) is 12.2. The molecule has 2 aromatic carbocycles. The minimum atomic E-state index is -0.315. The summed E-state index contributed by atoms with van der Waals surface area (Å²) in [5.41, 5.74) is 3.55.